The van der Waals surface area contributed by atoms with E-state index in [1.54, 1.807) is 0 Å². The Morgan fingerprint density at radius 1 is 0.600 bits per heavy atom. The molecule has 0 aromatic heterocycles. The molecule has 0 aromatic rings. The Kier molecular flexibility index (Phi) is 6.55. The lowest BCUT2D eigenvalue weighted by atomic mass is 10.2. The molecule has 0 aromatic carbocycles. The molecule has 0 saturated carbocycles. The molecule has 0 aliphatic carbocycles. The van der Waals surface area contributed by atoms with Gasteiger partial charge in [-0.1, -0.05) is 0 Å². The van der Waals surface area contributed by atoms with Crippen LogP contribution in [0.15, 0.2) is 0 Å². The monoisotopic (exact) mass is 434 g/mol. The highest BCUT2D eigenvalue weighted by atomic mass is 32.2. The Hall–Kier alpha value is -0.0551. The fourth-order valence-corrected chi connectivity index (χ4v) is 3.19. The lowest BCUT2D eigenvalue weighted by molar-refractivity contribution is -0.168. The second-order valence-electron chi connectivity index (χ2n) is 4.05. The van der Waals surface area contributed by atoms with Crippen molar-refractivity contribution < 1.29 is 64.9 Å². The first-order valence-corrected chi connectivity index (χ1v) is 8.98. The van der Waals surface area contributed by atoms with E-state index in [1.165, 1.54) is 0 Å². The van der Waals surface area contributed by atoms with Gasteiger partial charge < -0.3 is 14.0 Å². The number of halogens is 3. The molecule has 19 heteroatoms. The molecule has 12 nitrogen and oxygen atoms in total. The minimum absolute atomic E-state index is 2.00. The Balaban J connectivity index is 1.65. The standard InChI is InChI=1S/C6H6BF3O12S3/c8-1-4(20-23(11)17-1)14-7(15-5-2(9)18-24(12)21-5)16-6-3(10)19-25(13)22-6/h1-6H. The zero-order valence-corrected chi connectivity index (χ0v) is 13.7. The summed E-state index contributed by atoms with van der Waals surface area (Å²) in [6.45, 7) is 0. The third kappa shape index (κ3) is 5.02. The molecule has 3 fully saturated rings. The predicted octanol–water partition coefficient (Wildman–Crippen LogP) is -1.24. The van der Waals surface area contributed by atoms with E-state index in [2.05, 4.69) is 25.1 Å². The maximum Gasteiger partial charge on any atom is 0.645 e. The van der Waals surface area contributed by atoms with Gasteiger partial charge in [0.2, 0.25) is 18.9 Å². The average molecular weight is 434 g/mol. The van der Waals surface area contributed by atoms with Crippen LogP contribution in [0.1, 0.15) is 0 Å². The number of alkyl halides is 3. The summed E-state index contributed by atoms with van der Waals surface area (Å²) < 4.78 is 112. The normalized spacial score (nSPS) is 47.4. The molecule has 3 saturated heterocycles. The van der Waals surface area contributed by atoms with Crippen LogP contribution < -0.4 is 0 Å². The van der Waals surface area contributed by atoms with Gasteiger partial charge in [-0.15, -0.1) is 0 Å². The van der Waals surface area contributed by atoms with E-state index in [4.69, 9.17) is 14.0 Å². The number of hydrogen-bond donors (Lipinski definition) is 0. The molecule has 9 atom stereocenters. The topological polar surface area (TPSA) is 134 Å². The second-order valence-corrected chi connectivity index (χ2v) is 6.42. The maximum atomic E-state index is 13.4. The van der Waals surface area contributed by atoms with Crippen LogP contribution in [0.2, 0.25) is 0 Å². The Bertz CT molecular complexity index is 496. The smallest absolute Gasteiger partial charge is 0.354 e. The van der Waals surface area contributed by atoms with Crippen molar-refractivity contribution in [3.05, 3.63) is 0 Å². The summed E-state index contributed by atoms with van der Waals surface area (Å²) >= 11 is -7.50. The maximum absolute atomic E-state index is 13.4. The van der Waals surface area contributed by atoms with E-state index in [0.29, 0.717) is 0 Å². The van der Waals surface area contributed by atoms with Gasteiger partial charge in [-0.05, 0) is 0 Å². The van der Waals surface area contributed by atoms with Crippen LogP contribution in [0.3, 0.4) is 0 Å². The SMILES string of the molecule is O=S1OC(F)C(OB(OC2OS(=O)OC2F)OC2OS(=O)OC2F)O1. The third-order valence-electron chi connectivity index (χ3n) is 2.41. The first-order valence-electron chi connectivity index (χ1n) is 5.98. The zero-order chi connectivity index (χ0) is 18.1. The first-order chi connectivity index (χ1) is 11.8. The summed E-state index contributed by atoms with van der Waals surface area (Å²) in [5.74, 6) is 0. The fraction of sp³-hybridized carbons (Fsp3) is 1.00. The van der Waals surface area contributed by atoms with Crippen LogP contribution in [-0.2, 0) is 73.1 Å². The molecule has 25 heavy (non-hydrogen) atoms. The Morgan fingerprint density at radius 2 is 0.880 bits per heavy atom. The van der Waals surface area contributed by atoms with Gasteiger partial charge in [-0.3, -0.25) is 0 Å². The summed E-state index contributed by atoms with van der Waals surface area (Å²) in [6.07, 6.45) is -13.1. The summed E-state index contributed by atoms with van der Waals surface area (Å²) in [4.78, 5) is 0. The van der Waals surface area contributed by atoms with E-state index in [0.717, 1.165) is 0 Å². The van der Waals surface area contributed by atoms with Crippen LogP contribution in [0.5, 0.6) is 0 Å². The molecule has 9 unspecified atom stereocenters. The summed E-state index contributed by atoms with van der Waals surface area (Å²) in [5.41, 5.74) is 0. The van der Waals surface area contributed by atoms with Gasteiger partial charge in [0, 0.05) is 0 Å². The van der Waals surface area contributed by atoms with Crippen molar-refractivity contribution in [1.82, 2.24) is 0 Å². The predicted molar refractivity (Wildman–Crippen MR) is 66.0 cm³/mol. The van der Waals surface area contributed by atoms with Gasteiger partial charge in [0.25, 0.3) is 19.1 Å². The molecular weight excluding hydrogens is 428 g/mol. The molecule has 3 rings (SSSR count). The van der Waals surface area contributed by atoms with Crippen LogP contribution in [0.25, 0.3) is 0 Å². The highest BCUT2D eigenvalue weighted by molar-refractivity contribution is 7.75. The fourth-order valence-electron chi connectivity index (χ4n) is 1.47. The summed E-state index contributed by atoms with van der Waals surface area (Å²) in [5, 5.41) is 0. The highest BCUT2D eigenvalue weighted by Gasteiger charge is 2.49. The molecule has 144 valence electrons. The summed E-state index contributed by atoms with van der Waals surface area (Å²) in [6, 6.07) is 0. The Labute approximate surface area is 144 Å². The minimum atomic E-state index is -2.50. The second kappa shape index (κ2) is 8.31. The van der Waals surface area contributed by atoms with E-state index in [1.807, 2.05) is 0 Å². The number of rotatable bonds is 6. The van der Waals surface area contributed by atoms with Crippen LogP contribution in [0, 0.1) is 0 Å². The molecule has 0 spiro atoms. The highest BCUT2D eigenvalue weighted by Crippen LogP contribution is 2.27. The van der Waals surface area contributed by atoms with Crippen molar-refractivity contribution in [3.63, 3.8) is 0 Å². The van der Waals surface area contributed by atoms with Gasteiger partial charge in [0.15, 0.2) is 0 Å². The van der Waals surface area contributed by atoms with E-state index in [-0.39, 0.29) is 0 Å². The molecule has 0 amide bonds. The van der Waals surface area contributed by atoms with E-state index >= 15 is 0 Å². The number of hydrogen-bond acceptors (Lipinski definition) is 12. The molecule has 0 N–H and O–H groups in total. The molecule has 3 aliphatic rings. The van der Waals surface area contributed by atoms with Crippen LogP contribution in [-0.4, -0.2) is 57.9 Å². The Morgan fingerprint density at radius 3 is 1.08 bits per heavy atom. The minimum Gasteiger partial charge on any atom is -0.354 e. The van der Waals surface area contributed by atoms with Gasteiger partial charge in [0.1, 0.15) is 0 Å². The quantitative estimate of drug-likeness (QED) is 0.463. The van der Waals surface area contributed by atoms with Crippen molar-refractivity contribution in [2.45, 2.75) is 37.9 Å². The van der Waals surface area contributed by atoms with Crippen molar-refractivity contribution in [2.75, 3.05) is 0 Å². The van der Waals surface area contributed by atoms with Gasteiger partial charge >= 0.3 is 41.4 Å². The van der Waals surface area contributed by atoms with Crippen LogP contribution >= 0.6 is 0 Å². The molecule has 3 aliphatic heterocycles. The molecule has 0 bridgehead atoms. The first kappa shape index (κ1) is 19.7. The summed E-state index contributed by atoms with van der Waals surface area (Å²) in [7, 11) is -2.22. The molecule has 3 heterocycles. The largest absolute Gasteiger partial charge is 0.645 e. The van der Waals surface area contributed by atoms with Gasteiger partial charge in [-0.25, -0.2) is 38.3 Å². The van der Waals surface area contributed by atoms with Crippen molar-refractivity contribution in [2.24, 2.45) is 0 Å². The van der Waals surface area contributed by atoms with E-state index < -0.39 is 79.3 Å². The lowest BCUT2D eigenvalue weighted by Crippen LogP contribution is -2.43. The van der Waals surface area contributed by atoms with Crippen molar-refractivity contribution in [3.8, 4) is 0 Å². The van der Waals surface area contributed by atoms with Crippen LogP contribution in [0.4, 0.5) is 13.2 Å². The third-order valence-corrected chi connectivity index (χ3v) is 4.47. The van der Waals surface area contributed by atoms with Crippen molar-refractivity contribution >= 4 is 41.4 Å². The van der Waals surface area contributed by atoms with Gasteiger partial charge in [-0.2, -0.15) is 12.6 Å². The zero-order valence-electron chi connectivity index (χ0n) is 11.3. The van der Waals surface area contributed by atoms with Gasteiger partial charge in [0.05, 0.1) is 0 Å². The molecular formula is C6H6BF3O12S3. The lowest BCUT2D eigenvalue weighted by Gasteiger charge is -2.21. The van der Waals surface area contributed by atoms with Crippen molar-refractivity contribution in [1.29, 1.82) is 0 Å². The van der Waals surface area contributed by atoms with E-state index in [9.17, 15) is 25.8 Å². The molecule has 0 radical (unpaired) electrons. The average Bonchev–Trinajstić information content (AvgIpc) is 3.10.